The fourth-order valence-electron chi connectivity index (χ4n) is 2.15. The number of halogens is 1. The van der Waals surface area contributed by atoms with Crippen molar-refractivity contribution < 1.29 is 9.18 Å². The second kappa shape index (κ2) is 6.30. The molecule has 0 atom stereocenters. The Kier molecular flexibility index (Phi) is 4.21. The Balaban J connectivity index is 1.84. The highest BCUT2D eigenvalue weighted by molar-refractivity contribution is 7.17. The van der Waals surface area contributed by atoms with E-state index in [0.29, 0.717) is 21.3 Å². The molecule has 1 aromatic heterocycles. The van der Waals surface area contributed by atoms with Gasteiger partial charge in [-0.2, -0.15) is 0 Å². The van der Waals surface area contributed by atoms with Gasteiger partial charge in [-0.3, -0.25) is 4.79 Å². The van der Waals surface area contributed by atoms with Crippen molar-refractivity contribution in [1.82, 2.24) is 4.98 Å². The molecule has 0 aliphatic carbocycles. The molecule has 0 aliphatic heterocycles. The molecule has 0 spiro atoms. The highest BCUT2D eigenvalue weighted by Crippen LogP contribution is 2.28. The second-order valence-corrected chi connectivity index (χ2v) is 6.26. The average Bonchev–Trinajstić information content (AvgIpc) is 2.90. The van der Waals surface area contributed by atoms with Gasteiger partial charge in [0.1, 0.15) is 5.82 Å². The summed E-state index contributed by atoms with van der Waals surface area (Å²) < 4.78 is 12.9. The van der Waals surface area contributed by atoms with Crippen molar-refractivity contribution in [2.45, 2.75) is 13.8 Å². The van der Waals surface area contributed by atoms with E-state index in [1.165, 1.54) is 23.5 Å². The van der Waals surface area contributed by atoms with Crippen LogP contribution in [-0.2, 0) is 0 Å². The minimum atomic E-state index is -0.291. The minimum absolute atomic E-state index is 0.0350. The van der Waals surface area contributed by atoms with E-state index in [1.807, 2.05) is 38.1 Å². The average molecular weight is 326 g/mol. The molecule has 0 amide bonds. The van der Waals surface area contributed by atoms with E-state index < -0.39 is 0 Å². The molecule has 1 heterocycles. The van der Waals surface area contributed by atoms with Gasteiger partial charge in [0.15, 0.2) is 5.13 Å². The fourth-order valence-corrected chi connectivity index (χ4v) is 3.10. The molecule has 3 rings (SSSR count). The molecule has 0 saturated heterocycles. The van der Waals surface area contributed by atoms with Crippen molar-refractivity contribution in [3.05, 3.63) is 76.0 Å². The van der Waals surface area contributed by atoms with Gasteiger partial charge in [0.2, 0.25) is 5.78 Å². The van der Waals surface area contributed by atoms with Crippen molar-refractivity contribution in [2.24, 2.45) is 0 Å². The molecule has 0 bridgehead atoms. The van der Waals surface area contributed by atoms with Crippen molar-refractivity contribution >= 4 is 27.9 Å². The summed E-state index contributed by atoms with van der Waals surface area (Å²) in [6.07, 6.45) is 0. The van der Waals surface area contributed by atoms with E-state index in [9.17, 15) is 9.18 Å². The molecule has 23 heavy (non-hydrogen) atoms. The lowest BCUT2D eigenvalue weighted by Gasteiger charge is -2.01. The summed E-state index contributed by atoms with van der Waals surface area (Å²) in [5, 5.41) is 3.71. The number of aromatic nitrogens is 1. The maximum Gasteiger partial charge on any atom is 0.204 e. The zero-order valence-corrected chi connectivity index (χ0v) is 13.6. The third-order valence-electron chi connectivity index (χ3n) is 3.41. The monoisotopic (exact) mass is 326 g/mol. The SMILES string of the molecule is Cc1ccc(C(=O)c2sc(Nc3ccc(F)cc3)nc2C)cc1. The molecule has 2 aromatic carbocycles. The number of carbonyl (C=O) groups excluding carboxylic acids is 1. The number of nitrogens with one attached hydrogen (secondary N) is 1. The summed E-state index contributed by atoms with van der Waals surface area (Å²) in [5.41, 5.74) is 3.18. The number of benzene rings is 2. The Morgan fingerprint density at radius 3 is 2.35 bits per heavy atom. The highest BCUT2D eigenvalue weighted by Gasteiger charge is 2.17. The van der Waals surface area contributed by atoms with E-state index in [4.69, 9.17) is 0 Å². The number of aryl methyl sites for hydroxylation is 2. The van der Waals surface area contributed by atoms with Crippen molar-refractivity contribution in [2.75, 3.05) is 5.32 Å². The molecule has 5 heteroatoms. The summed E-state index contributed by atoms with van der Waals surface area (Å²) >= 11 is 1.30. The quantitative estimate of drug-likeness (QED) is 0.695. The topological polar surface area (TPSA) is 42.0 Å². The Bertz CT molecular complexity index is 838. The van der Waals surface area contributed by atoms with Crippen LogP contribution in [-0.4, -0.2) is 10.8 Å². The number of rotatable bonds is 4. The second-order valence-electron chi connectivity index (χ2n) is 5.26. The lowest BCUT2D eigenvalue weighted by atomic mass is 10.1. The van der Waals surface area contributed by atoms with Gasteiger partial charge < -0.3 is 5.32 Å². The first-order chi connectivity index (χ1) is 11.0. The van der Waals surface area contributed by atoms with E-state index in [0.717, 1.165) is 11.3 Å². The number of hydrogen-bond donors (Lipinski definition) is 1. The van der Waals surface area contributed by atoms with Gasteiger partial charge in [-0.05, 0) is 38.1 Å². The lowest BCUT2D eigenvalue weighted by Crippen LogP contribution is -2.00. The predicted octanol–water partition coefficient (Wildman–Crippen LogP) is 4.87. The number of anilines is 2. The molecular weight excluding hydrogens is 311 g/mol. The summed E-state index contributed by atoms with van der Waals surface area (Å²) in [4.78, 5) is 17.6. The minimum Gasteiger partial charge on any atom is -0.332 e. The van der Waals surface area contributed by atoms with Gasteiger partial charge in [-0.25, -0.2) is 9.37 Å². The van der Waals surface area contributed by atoms with Crippen LogP contribution in [0.15, 0.2) is 48.5 Å². The summed E-state index contributed by atoms with van der Waals surface area (Å²) in [7, 11) is 0. The molecule has 3 aromatic rings. The third kappa shape index (κ3) is 3.46. The predicted molar refractivity (Wildman–Crippen MR) is 91.1 cm³/mol. The van der Waals surface area contributed by atoms with Gasteiger partial charge in [0.05, 0.1) is 10.6 Å². The van der Waals surface area contributed by atoms with Crippen molar-refractivity contribution in [1.29, 1.82) is 0 Å². The van der Waals surface area contributed by atoms with Crippen LogP contribution < -0.4 is 5.32 Å². The largest absolute Gasteiger partial charge is 0.332 e. The molecule has 0 unspecified atom stereocenters. The first kappa shape index (κ1) is 15.4. The molecule has 0 saturated carbocycles. The van der Waals surface area contributed by atoms with Crippen LogP contribution in [0.2, 0.25) is 0 Å². The van der Waals surface area contributed by atoms with Crippen LogP contribution in [0.5, 0.6) is 0 Å². The molecule has 0 aliphatic rings. The van der Waals surface area contributed by atoms with Gasteiger partial charge >= 0.3 is 0 Å². The van der Waals surface area contributed by atoms with Crippen LogP contribution in [0, 0.1) is 19.7 Å². The normalized spacial score (nSPS) is 10.6. The highest BCUT2D eigenvalue weighted by atomic mass is 32.1. The molecule has 3 nitrogen and oxygen atoms in total. The Morgan fingerprint density at radius 2 is 1.70 bits per heavy atom. The number of ketones is 1. The van der Waals surface area contributed by atoms with E-state index in [1.54, 1.807) is 12.1 Å². The first-order valence-corrected chi connectivity index (χ1v) is 7.96. The van der Waals surface area contributed by atoms with Gasteiger partial charge in [0, 0.05) is 11.3 Å². The van der Waals surface area contributed by atoms with Crippen LogP contribution >= 0.6 is 11.3 Å². The van der Waals surface area contributed by atoms with E-state index in [-0.39, 0.29) is 11.6 Å². The molecule has 116 valence electrons. The van der Waals surface area contributed by atoms with E-state index in [2.05, 4.69) is 10.3 Å². The number of hydrogen-bond acceptors (Lipinski definition) is 4. The third-order valence-corrected chi connectivity index (χ3v) is 4.48. The zero-order chi connectivity index (χ0) is 16.4. The lowest BCUT2D eigenvalue weighted by molar-refractivity contribution is 0.104. The summed E-state index contributed by atoms with van der Waals surface area (Å²) in [6, 6.07) is 13.5. The van der Waals surface area contributed by atoms with Gasteiger partial charge in [0.25, 0.3) is 0 Å². The van der Waals surface area contributed by atoms with Crippen LogP contribution in [0.4, 0.5) is 15.2 Å². The zero-order valence-electron chi connectivity index (χ0n) is 12.8. The smallest absolute Gasteiger partial charge is 0.204 e. The molecule has 0 fully saturated rings. The maximum atomic E-state index is 12.9. The van der Waals surface area contributed by atoms with Gasteiger partial charge in [-0.1, -0.05) is 41.2 Å². The van der Waals surface area contributed by atoms with E-state index >= 15 is 0 Å². The van der Waals surface area contributed by atoms with Crippen molar-refractivity contribution in [3.8, 4) is 0 Å². The first-order valence-electron chi connectivity index (χ1n) is 7.14. The Labute approximate surface area is 137 Å². The number of carbonyl (C=O) groups is 1. The van der Waals surface area contributed by atoms with Crippen LogP contribution in [0.25, 0.3) is 0 Å². The van der Waals surface area contributed by atoms with Gasteiger partial charge in [-0.15, -0.1) is 0 Å². The standard InChI is InChI=1S/C18H15FN2OS/c1-11-3-5-13(6-4-11)16(22)17-12(2)20-18(23-17)21-15-9-7-14(19)8-10-15/h3-10H,1-2H3,(H,20,21). The molecular formula is C18H15FN2OS. The number of nitrogens with zero attached hydrogens (tertiary/aromatic N) is 1. The van der Waals surface area contributed by atoms with Crippen LogP contribution in [0.1, 0.15) is 26.5 Å². The maximum absolute atomic E-state index is 12.9. The molecule has 0 radical (unpaired) electrons. The number of thiazole rings is 1. The Morgan fingerprint density at radius 1 is 1.04 bits per heavy atom. The van der Waals surface area contributed by atoms with Crippen molar-refractivity contribution in [3.63, 3.8) is 0 Å². The Hall–Kier alpha value is -2.53. The molecule has 1 N–H and O–H groups in total. The summed E-state index contributed by atoms with van der Waals surface area (Å²) in [6.45, 7) is 3.80. The fraction of sp³-hybridized carbons (Fsp3) is 0.111. The van der Waals surface area contributed by atoms with Crippen LogP contribution in [0.3, 0.4) is 0 Å². The summed E-state index contributed by atoms with van der Waals surface area (Å²) in [5.74, 6) is -0.326.